The Labute approximate surface area is 161 Å². The largest absolute Gasteiger partial charge is 0.478 e. The Balaban J connectivity index is 1.99. The van der Waals surface area contributed by atoms with Crippen molar-refractivity contribution >= 4 is 23.3 Å². The smallest absolute Gasteiger partial charge is 0.357 e. The highest BCUT2D eigenvalue weighted by Gasteiger charge is 2.23. The molecule has 0 aliphatic carbocycles. The van der Waals surface area contributed by atoms with E-state index >= 15 is 0 Å². The van der Waals surface area contributed by atoms with Gasteiger partial charge in [0.25, 0.3) is 0 Å². The number of benzene rings is 1. The van der Waals surface area contributed by atoms with Crippen LogP contribution in [0.3, 0.4) is 0 Å². The average Bonchev–Trinajstić information content (AvgIpc) is 3.33. The minimum Gasteiger partial charge on any atom is -0.478 e. The van der Waals surface area contributed by atoms with Crippen molar-refractivity contribution in [3.8, 4) is 11.8 Å². The third-order valence-electron chi connectivity index (χ3n) is 4.60. The number of anilines is 2. The van der Waals surface area contributed by atoms with E-state index in [4.69, 9.17) is 15.2 Å². The number of hydrogen-bond acceptors (Lipinski definition) is 7. The predicted octanol–water partition coefficient (Wildman–Crippen LogP) is 2.01. The van der Waals surface area contributed by atoms with Crippen LogP contribution in [0.1, 0.15) is 39.3 Å². The molecule has 9 heteroatoms. The number of nitrogens with zero attached hydrogens (tertiary/aromatic N) is 2. The third kappa shape index (κ3) is 3.63. The molecule has 1 aliphatic rings. The van der Waals surface area contributed by atoms with E-state index in [0.29, 0.717) is 24.5 Å². The van der Waals surface area contributed by atoms with Crippen LogP contribution in [0.4, 0.5) is 11.4 Å². The van der Waals surface area contributed by atoms with E-state index in [2.05, 4.69) is 5.32 Å². The van der Waals surface area contributed by atoms with Gasteiger partial charge in [0.2, 0.25) is 0 Å². The summed E-state index contributed by atoms with van der Waals surface area (Å²) < 4.78 is 11.6. The van der Waals surface area contributed by atoms with Crippen LogP contribution in [0.25, 0.3) is 5.69 Å². The van der Waals surface area contributed by atoms with Crippen molar-refractivity contribution in [3.05, 3.63) is 41.2 Å². The van der Waals surface area contributed by atoms with E-state index in [9.17, 15) is 20.0 Å². The van der Waals surface area contributed by atoms with Gasteiger partial charge in [-0.05, 0) is 31.0 Å². The third-order valence-corrected chi connectivity index (χ3v) is 4.60. The lowest BCUT2D eigenvalue weighted by Gasteiger charge is -2.15. The highest BCUT2D eigenvalue weighted by Crippen LogP contribution is 2.27. The molecule has 1 aliphatic heterocycles. The van der Waals surface area contributed by atoms with Crippen LogP contribution in [0, 0.1) is 11.3 Å². The molecule has 1 fully saturated rings. The van der Waals surface area contributed by atoms with Gasteiger partial charge in [-0.3, -0.25) is 0 Å². The van der Waals surface area contributed by atoms with E-state index < -0.39 is 11.9 Å². The topological polar surface area (TPSA) is 140 Å². The summed E-state index contributed by atoms with van der Waals surface area (Å²) in [5.74, 6) is -1.85. The number of ether oxygens (including phenoxy) is 2. The highest BCUT2D eigenvalue weighted by atomic mass is 16.5. The molecule has 1 atom stereocenters. The van der Waals surface area contributed by atoms with Crippen LogP contribution >= 0.6 is 0 Å². The molecule has 0 amide bonds. The molecule has 1 saturated heterocycles. The zero-order chi connectivity index (χ0) is 20.3. The molecule has 2 aromatic rings. The lowest BCUT2D eigenvalue weighted by molar-refractivity contribution is 0.0592. The number of aromatic carboxylic acids is 1. The minimum atomic E-state index is -1.13. The Morgan fingerprint density at radius 2 is 2.29 bits per heavy atom. The molecule has 2 heterocycles. The van der Waals surface area contributed by atoms with Gasteiger partial charge in [-0.1, -0.05) is 0 Å². The average molecular weight is 384 g/mol. The first kappa shape index (κ1) is 19.3. The fourth-order valence-corrected chi connectivity index (χ4v) is 3.16. The fourth-order valence-electron chi connectivity index (χ4n) is 3.16. The number of carbonyl (C=O) groups is 2. The second kappa shape index (κ2) is 8.02. The first-order chi connectivity index (χ1) is 13.5. The van der Waals surface area contributed by atoms with Crippen molar-refractivity contribution in [1.29, 1.82) is 5.26 Å². The lowest BCUT2D eigenvalue weighted by atomic mass is 10.1. The number of rotatable bonds is 6. The van der Waals surface area contributed by atoms with Gasteiger partial charge in [-0.2, -0.15) is 5.26 Å². The molecule has 0 saturated carbocycles. The maximum Gasteiger partial charge on any atom is 0.357 e. The van der Waals surface area contributed by atoms with E-state index in [1.54, 1.807) is 12.1 Å². The number of nitriles is 1. The zero-order valence-corrected chi connectivity index (χ0v) is 15.3. The standard InChI is InChI=1S/C19H20N4O5/c1-27-19(26)17-16(21)11(8-20)10-23(17)12-4-5-15(14(7-12)18(24)25)22-9-13-3-2-6-28-13/h4-5,7,10,13,22H,2-3,6,9,21H2,1H3,(H,24,25). The Kier molecular flexibility index (Phi) is 5.52. The minimum absolute atomic E-state index is 0.0215. The van der Waals surface area contributed by atoms with Crippen molar-refractivity contribution in [3.63, 3.8) is 0 Å². The second-order valence-electron chi connectivity index (χ2n) is 6.33. The molecule has 0 radical (unpaired) electrons. The lowest BCUT2D eigenvalue weighted by Crippen LogP contribution is -2.20. The van der Waals surface area contributed by atoms with Crippen molar-refractivity contribution in [2.45, 2.75) is 18.9 Å². The maximum absolute atomic E-state index is 12.1. The summed E-state index contributed by atoms with van der Waals surface area (Å²) in [6, 6.07) is 6.56. The summed E-state index contributed by atoms with van der Waals surface area (Å²) in [4.78, 5) is 23.9. The quantitative estimate of drug-likeness (QED) is 0.643. The number of nitrogens with one attached hydrogen (secondary N) is 1. The van der Waals surface area contributed by atoms with Gasteiger partial charge >= 0.3 is 11.9 Å². The van der Waals surface area contributed by atoms with Crippen LogP contribution in [0.5, 0.6) is 0 Å². The predicted molar refractivity (Wildman–Crippen MR) is 101 cm³/mol. The Bertz CT molecular complexity index is 954. The van der Waals surface area contributed by atoms with Gasteiger partial charge in [0.05, 0.1) is 30.0 Å². The number of carbonyl (C=O) groups excluding carboxylic acids is 1. The summed E-state index contributed by atoms with van der Waals surface area (Å²) in [6.45, 7) is 1.21. The van der Waals surface area contributed by atoms with Crippen LogP contribution in [-0.2, 0) is 9.47 Å². The van der Waals surface area contributed by atoms with Crippen molar-refractivity contribution < 1.29 is 24.2 Å². The first-order valence-electron chi connectivity index (χ1n) is 8.68. The van der Waals surface area contributed by atoms with Gasteiger partial charge in [-0.25, -0.2) is 9.59 Å². The zero-order valence-electron chi connectivity index (χ0n) is 15.3. The van der Waals surface area contributed by atoms with E-state index in [1.165, 1.54) is 23.9 Å². The number of nitrogen functional groups attached to an aromatic ring is 1. The summed E-state index contributed by atoms with van der Waals surface area (Å²) in [5, 5.41) is 21.9. The highest BCUT2D eigenvalue weighted by molar-refractivity contribution is 5.97. The van der Waals surface area contributed by atoms with Gasteiger partial charge < -0.3 is 30.2 Å². The first-order valence-corrected chi connectivity index (χ1v) is 8.68. The van der Waals surface area contributed by atoms with Gasteiger partial charge in [0, 0.05) is 30.7 Å². The number of hydrogen-bond donors (Lipinski definition) is 3. The summed E-state index contributed by atoms with van der Waals surface area (Å²) in [6.07, 6.45) is 3.34. The fraction of sp³-hybridized carbons (Fsp3) is 0.316. The second-order valence-corrected chi connectivity index (χ2v) is 6.33. The monoisotopic (exact) mass is 384 g/mol. The maximum atomic E-state index is 12.1. The number of esters is 1. The van der Waals surface area contributed by atoms with Gasteiger partial charge in [0.1, 0.15) is 6.07 Å². The normalized spacial score (nSPS) is 15.8. The van der Waals surface area contributed by atoms with E-state index in [0.717, 1.165) is 12.8 Å². The molecule has 0 spiro atoms. The molecule has 4 N–H and O–H groups in total. The number of aromatic nitrogens is 1. The number of carboxylic acids is 1. The van der Waals surface area contributed by atoms with Gasteiger partial charge in [0.15, 0.2) is 5.69 Å². The number of carboxylic acid groups (broad SMARTS) is 1. The van der Waals surface area contributed by atoms with Crippen LogP contribution in [0.15, 0.2) is 24.4 Å². The van der Waals surface area contributed by atoms with Crippen molar-refractivity contribution in [2.75, 3.05) is 31.3 Å². The molecule has 1 unspecified atom stereocenters. The molecule has 3 rings (SSSR count). The number of methoxy groups -OCH3 is 1. The molecular weight excluding hydrogens is 364 g/mol. The van der Waals surface area contributed by atoms with Gasteiger partial charge in [-0.15, -0.1) is 0 Å². The van der Waals surface area contributed by atoms with Crippen LogP contribution in [0.2, 0.25) is 0 Å². The molecule has 1 aromatic heterocycles. The van der Waals surface area contributed by atoms with E-state index in [-0.39, 0.29) is 28.6 Å². The van der Waals surface area contributed by atoms with E-state index in [1.807, 2.05) is 6.07 Å². The SMILES string of the molecule is COC(=O)c1c(N)c(C#N)cn1-c1ccc(NCC2CCCO2)c(C(=O)O)c1. The molecule has 28 heavy (non-hydrogen) atoms. The molecule has 1 aromatic carbocycles. The van der Waals surface area contributed by atoms with Crippen molar-refractivity contribution in [1.82, 2.24) is 4.57 Å². The van der Waals surface area contributed by atoms with Crippen molar-refractivity contribution in [2.24, 2.45) is 0 Å². The molecule has 146 valence electrons. The molecule has 0 bridgehead atoms. The Morgan fingerprint density at radius 3 is 2.89 bits per heavy atom. The molecule has 9 nitrogen and oxygen atoms in total. The summed E-state index contributed by atoms with van der Waals surface area (Å²) >= 11 is 0. The molecular formula is C19H20N4O5. The number of nitrogens with two attached hydrogens (primary N) is 1. The summed E-state index contributed by atoms with van der Waals surface area (Å²) in [7, 11) is 1.20. The van der Waals surface area contributed by atoms with Crippen LogP contribution in [-0.4, -0.2) is 48.0 Å². The Morgan fingerprint density at radius 1 is 1.50 bits per heavy atom. The van der Waals surface area contributed by atoms with Crippen LogP contribution < -0.4 is 11.1 Å². The summed E-state index contributed by atoms with van der Waals surface area (Å²) in [5.41, 5.74) is 6.76. The Hall–Kier alpha value is -3.51.